The Labute approximate surface area is 176 Å². The average Bonchev–Trinajstić information content (AvgIpc) is 3.01. The van der Waals surface area contributed by atoms with Crippen molar-refractivity contribution in [3.63, 3.8) is 0 Å². The number of amides is 2. The lowest BCUT2D eigenvalue weighted by molar-refractivity contribution is -0.137. The third-order valence-electron chi connectivity index (χ3n) is 4.78. The van der Waals surface area contributed by atoms with E-state index in [9.17, 15) is 18.4 Å². The van der Waals surface area contributed by atoms with E-state index >= 15 is 0 Å². The number of benzene rings is 2. The van der Waals surface area contributed by atoms with Gasteiger partial charge in [0.25, 0.3) is 11.8 Å². The number of nitrogens with zero attached hydrogens (tertiary/aromatic N) is 2. The Morgan fingerprint density at radius 3 is 2.45 bits per heavy atom. The maximum Gasteiger partial charge on any atom is 0.278 e. The zero-order valence-electron chi connectivity index (χ0n) is 16.4. The predicted molar refractivity (Wildman–Crippen MR) is 110 cm³/mol. The van der Waals surface area contributed by atoms with Gasteiger partial charge >= 0.3 is 0 Å². The van der Waals surface area contributed by atoms with E-state index in [1.165, 1.54) is 13.2 Å². The second kappa shape index (κ2) is 8.35. The molecule has 0 atom stereocenters. The van der Waals surface area contributed by atoms with Crippen molar-refractivity contribution in [3.8, 4) is 5.75 Å². The van der Waals surface area contributed by atoms with Crippen molar-refractivity contribution in [2.24, 2.45) is 0 Å². The molecule has 31 heavy (non-hydrogen) atoms. The maximum atomic E-state index is 13.7. The number of para-hydroxylation sites is 1. The topological polar surface area (TPSA) is 71.5 Å². The van der Waals surface area contributed by atoms with Crippen molar-refractivity contribution in [1.29, 1.82) is 0 Å². The van der Waals surface area contributed by atoms with Crippen LogP contribution in [-0.4, -0.2) is 28.8 Å². The van der Waals surface area contributed by atoms with Crippen LogP contribution in [0, 0.1) is 11.6 Å². The monoisotopic (exact) mass is 421 g/mol. The highest BCUT2D eigenvalue weighted by atomic mass is 19.2. The Kier molecular flexibility index (Phi) is 5.44. The molecule has 1 aliphatic heterocycles. The van der Waals surface area contributed by atoms with Gasteiger partial charge in [-0.15, -0.1) is 0 Å². The highest BCUT2D eigenvalue weighted by molar-refractivity contribution is 6.36. The van der Waals surface area contributed by atoms with Crippen LogP contribution in [0.1, 0.15) is 11.3 Å². The summed E-state index contributed by atoms with van der Waals surface area (Å²) in [6.07, 6.45) is 1.56. The Hall–Kier alpha value is -4.07. The summed E-state index contributed by atoms with van der Waals surface area (Å²) in [5, 5.41) is 2.79. The number of methoxy groups -OCH3 is 1. The minimum Gasteiger partial charge on any atom is -0.496 e. The van der Waals surface area contributed by atoms with Crippen molar-refractivity contribution in [3.05, 3.63) is 95.4 Å². The van der Waals surface area contributed by atoms with Crippen molar-refractivity contribution >= 4 is 23.1 Å². The Morgan fingerprint density at radius 2 is 1.74 bits per heavy atom. The SMILES string of the molecule is COc1ccccc1C1=C(Nc2ccc(F)c(F)c2)C(=O)N(Cc2ccccn2)C1=O. The van der Waals surface area contributed by atoms with Gasteiger partial charge < -0.3 is 10.1 Å². The fraction of sp³-hybridized carbons (Fsp3) is 0.0870. The zero-order chi connectivity index (χ0) is 22.0. The molecule has 2 aromatic carbocycles. The molecule has 3 aromatic rings. The van der Waals surface area contributed by atoms with Crippen LogP contribution < -0.4 is 10.1 Å². The molecule has 2 amide bonds. The lowest BCUT2D eigenvalue weighted by atomic mass is 10.0. The maximum absolute atomic E-state index is 13.7. The van der Waals surface area contributed by atoms with Crippen molar-refractivity contribution < 1.29 is 23.1 Å². The van der Waals surface area contributed by atoms with Crippen LogP contribution in [0.2, 0.25) is 0 Å². The van der Waals surface area contributed by atoms with E-state index in [0.717, 1.165) is 17.0 Å². The largest absolute Gasteiger partial charge is 0.496 e. The molecule has 0 saturated carbocycles. The third-order valence-corrected chi connectivity index (χ3v) is 4.78. The molecule has 1 aromatic heterocycles. The molecule has 0 aliphatic carbocycles. The number of hydrogen-bond acceptors (Lipinski definition) is 5. The van der Waals surface area contributed by atoms with E-state index in [2.05, 4.69) is 10.3 Å². The summed E-state index contributed by atoms with van der Waals surface area (Å²) >= 11 is 0. The van der Waals surface area contributed by atoms with Gasteiger partial charge in [0.15, 0.2) is 11.6 Å². The molecule has 156 valence electrons. The number of imide groups is 1. The zero-order valence-corrected chi connectivity index (χ0v) is 16.4. The number of carbonyl (C=O) groups excluding carboxylic acids is 2. The summed E-state index contributed by atoms with van der Waals surface area (Å²) in [5.41, 5.74) is 1.07. The smallest absolute Gasteiger partial charge is 0.278 e. The van der Waals surface area contributed by atoms with Crippen LogP contribution in [0.5, 0.6) is 5.75 Å². The highest BCUT2D eigenvalue weighted by Crippen LogP contribution is 2.35. The average molecular weight is 421 g/mol. The number of ether oxygens (including phenoxy) is 1. The van der Waals surface area contributed by atoms with Crippen LogP contribution in [0.3, 0.4) is 0 Å². The Morgan fingerprint density at radius 1 is 0.968 bits per heavy atom. The number of halogens is 2. The molecule has 1 N–H and O–H groups in total. The van der Waals surface area contributed by atoms with Gasteiger partial charge in [-0.3, -0.25) is 19.5 Å². The first kappa shape index (κ1) is 20.2. The molecule has 0 fully saturated rings. The van der Waals surface area contributed by atoms with E-state index in [-0.39, 0.29) is 23.5 Å². The molecule has 1 aliphatic rings. The van der Waals surface area contributed by atoms with Gasteiger partial charge in [-0.2, -0.15) is 0 Å². The van der Waals surface area contributed by atoms with Gasteiger partial charge in [0, 0.05) is 23.5 Å². The first-order valence-corrected chi connectivity index (χ1v) is 9.35. The van der Waals surface area contributed by atoms with E-state index in [1.807, 2.05) is 0 Å². The first-order valence-electron chi connectivity index (χ1n) is 9.35. The summed E-state index contributed by atoms with van der Waals surface area (Å²) in [6, 6.07) is 15.1. The summed E-state index contributed by atoms with van der Waals surface area (Å²) in [5.74, 6) is -2.86. The molecule has 0 bridgehead atoms. The van der Waals surface area contributed by atoms with Gasteiger partial charge in [0.05, 0.1) is 24.9 Å². The molecular formula is C23H17F2N3O3. The van der Waals surface area contributed by atoms with Gasteiger partial charge in [-0.25, -0.2) is 8.78 Å². The van der Waals surface area contributed by atoms with Crippen LogP contribution >= 0.6 is 0 Å². The summed E-state index contributed by atoms with van der Waals surface area (Å²) < 4.78 is 32.4. The second-order valence-electron chi connectivity index (χ2n) is 6.72. The number of hydrogen-bond donors (Lipinski definition) is 1. The lowest BCUT2D eigenvalue weighted by Crippen LogP contribution is -2.32. The minimum absolute atomic E-state index is 0.0416. The normalized spacial score (nSPS) is 13.7. The van der Waals surface area contributed by atoms with E-state index < -0.39 is 23.4 Å². The molecule has 2 heterocycles. The first-order chi connectivity index (χ1) is 15.0. The summed E-state index contributed by atoms with van der Waals surface area (Å²) in [7, 11) is 1.45. The Bertz CT molecular complexity index is 1200. The van der Waals surface area contributed by atoms with E-state index in [0.29, 0.717) is 17.0 Å². The molecular weight excluding hydrogens is 404 g/mol. The van der Waals surface area contributed by atoms with E-state index in [4.69, 9.17) is 4.74 Å². The third kappa shape index (κ3) is 3.87. The summed E-state index contributed by atoms with van der Waals surface area (Å²) in [6.45, 7) is -0.0416. The van der Waals surface area contributed by atoms with Crippen LogP contribution in [-0.2, 0) is 16.1 Å². The lowest BCUT2D eigenvalue weighted by Gasteiger charge is -2.15. The molecule has 8 heteroatoms. The van der Waals surface area contributed by atoms with Crippen LogP contribution in [0.25, 0.3) is 5.57 Å². The fourth-order valence-corrected chi connectivity index (χ4v) is 3.31. The predicted octanol–water partition coefficient (Wildman–Crippen LogP) is 3.76. The van der Waals surface area contributed by atoms with Crippen LogP contribution in [0.15, 0.2) is 72.6 Å². The molecule has 0 unspecified atom stereocenters. The number of aromatic nitrogens is 1. The minimum atomic E-state index is -1.08. The molecule has 0 radical (unpaired) electrons. The van der Waals surface area contributed by atoms with Crippen LogP contribution in [0.4, 0.5) is 14.5 Å². The fourth-order valence-electron chi connectivity index (χ4n) is 3.31. The molecule has 0 saturated heterocycles. The number of rotatable bonds is 6. The molecule has 6 nitrogen and oxygen atoms in total. The van der Waals surface area contributed by atoms with Gasteiger partial charge in [0.1, 0.15) is 11.4 Å². The van der Waals surface area contributed by atoms with Gasteiger partial charge in [-0.1, -0.05) is 24.3 Å². The standard InChI is InChI=1S/C23H17F2N3O3/c1-31-19-8-3-2-7-16(19)20-21(27-14-9-10-17(24)18(25)12-14)23(30)28(22(20)29)13-15-6-4-5-11-26-15/h2-12,27H,13H2,1H3. The van der Waals surface area contributed by atoms with E-state index in [1.54, 1.807) is 48.7 Å². The molecule has 4 rings (SSSR count). The quantitative estimate of drug-likeness (QED) is 0.614. The van der Waals surface area contributed by atoms with Crippen molar-refractivity contribution in [1.82, 2.24) is 9.88 Å². The second-order valence-corrected chi connectivity index (χ2v) is 6.72. The number of anilines is 1. The number of nitrogens with one attached hydrogen (secondary N) is 1. The number of pyridine rings is 1. The van der Waals surface area contributed by atoms with Crippen molar-refractivity contribution in [2.45, 2.75) is 6.54 Å². The molecule has 0 spiro atoms. The van der Waals surface area contributed by atoms with Crippen molar-refractivity contribution in [2.75, 3.05) is 12.4 Å². The summed E-state index contributed by atoms with van der Waals surface area (Å²) in [4.78, 5) is 31.7. The van der Waals surface area contributed by atoms with Gasteiger partial charge in [-0.05, 0) is 30.3 Å². The van der Waals surface area contributed by atoms with Gasteiger partial charge in [0.2, 0.25) is 0 Å². The Balaban J connectivity index is 1.79. The highest BCUT2D eigenvalue weighted by Gasteiger charge is 2.40. The number of carbonyl (C=O) groups is 2.